The second kappa shape index (κ2) is 4.13. The summed E-state index contributed by atoms with van der Waals surface area (Å²) in [4.78, 5) is 18.4. The molecule has 1 unspecified atom stereocenters. The molecule has 2 heterocycles. The van der Waals surface area contributed by atoms with Crippen LogP contribution >= 0.6 is 11.3 Å². The van der Waals surface area contributed by atoms with Crippen molar-refractivity contribution >= 4 is 22.4 Å². The Bertz CT molecular complexity index is 519. The lowest BCUT2D eigenvalue weighted by Gasteiger charge is -2.16. The Hall–Kier alpha value is -1.24. The van der Waals surface area contributed by atoms with Gasteiger partial charge in [-0.1, -0.05) is 0 Å². The Morgan fingerprint density at radius 1 is 1.58 bits per heavy atom. The number of hydrogen-bond acceptors (Lipinski definition) is 4. The second-order valence-corrected chi connectivity index (χ2v) is 6.54. The third-order valence-electron chi connectivity index (χ3n) is 4.07. The minimum absolute atomic E-state index is 0.0495. The first kappa shape index (κ1) is 12.8. The Morgan fingerprint density at radius 3 is 2.84 bits per heavy atom. The molecule has 1 amide bonds. The number of nitrogen functional groups attached to an aromatic ring is 1. The number of halogens is 2. The zero-order valence-electron chi connectivity index (χ0n) is 10.4. The van der Waals surface area contributed by atoms with E-state index in [9.17, 15) is 13.6 Å². The minimum Gasteiger partial charge on any atom is -0.375 e. The van der Waals surface area contributed by atoms with Gasteiger partial charge in [-0.25, -0.2) is 13.8 Å². The quantitative estimate of drug-likeness (QED) is 0.924. The number of nitrogens with two attached hydrogens (primary N) is 1. The average Bonchev–Trinajstić information content (AvgIpc) is 2.77. The van der Waals surface area contributed by atoms with Crippen molar-refractivity contribution in [1.29, 1.82) is 0 Å². The number of carbonyl (C=O) groups excluding carboxylic acids is 1. The summed E-state index contributed by atoms with van der Waals surface area (Å²) in [6.45, 7) is 0.670. The SMILES string of the molecule is Nc1ncc(CCC(=O)N2CCC3(C2)CC3(F)F)s1. The number of anilines is 1. The number of thiazole rings is 1. The van der Waals surface area contributed by atoms with Crippen molar-refractivity contribution in [2.75, 3.05) is 18.8 Å². The van der Waals surface area contributed by atoms with E-state index >= 15 is 0 Å². The van der Waals surface area contributed by atoms with Crippen molar-refractivity contribution in [3.8, 4) is 0 Å². The van der Waals surface area contributed by atoms with E-state index in [1.165, 1.54) is 11.3 Å². The average molecular weight is 287 g/mol. The third kappa shape index (κ3) is 2.20. The van der Waals surface area contributed by atoms with Crippen molar-refractivity contribution in [3.63, 3.8) is 0 Å². The number of carbonyl (C=O) groups is 1. The molecule has 1 atom stereocenters. The highest BCUT2D eigenvalue weighted by atomic mass is 32.1. The van der Waals surface area contributed by atoms with Crippen LogP contribution in [0.3, 0.4) is 0 Å². The van der Waals surface area contributed by atoms with Crippen LogP contribution in [0.5, 0.6) is 0 Å². The highest BCUT2D eigenvalue weighted by molar-refractivity contribution is 7.15. The monoisotopic (exact) mass is 287 g/mol. The van der Waals surface area contributed by atoms with Gasteiger partial charge in [-0.2, -0.15) is 0 Å². The molecule has 1 aliphatic heterocycles. The van der Waals surface area contributed by atoms with E-state index in [2.05, 4.69) is 4.98 Å². The van der Waals surface area contributed by atoms with E-state index in [1.54, 1.807) is 11.1 Å². The summed E-state index contributed by atoms with van der Waals surface area (Å²) in [6.07, 6.45) is 2.94. The summed E-state index contributed by atoms with van der Waals surface area (Å²) in [7, 11) is 0. The van der Waals surface area contributed by atoms with E-state index in [0.29, 0.717) is 30.9 Å². The van der Waals surface area contributed by atoms with E-state index in [0.717, 1.165) is 4.88 Å². The first-order valence-electron chi connectivity index (χ1n) is 6.28. The molecule has 1 aromatic heterocycles. The van der Waals surface area contributed by atoms with Crippen molar-refractivity contribution < 1.29 is 13.6 Å². The zero-order valence-corrected chi connectivity index (χ0v) is 11.2. The summed E-state index contributed by atoms with van der Waals surface area (Å²) >= 11 is 1.36. The lowest BCUT2D eigenvalue weighted by molar-refractivity contribution is -0.130. The summed E-state index contributed by atoms with van der Waals surface area (Å²) in [5.41, 5.74) is 4.60. The van der Waals surface area contributed by atoms with Crippen LogP contribution in [0.1, 0.15) is 24.1 Å². The van der Waals surface area contributed by atoms with Gasteiger partial charge in [0.25, 0.3) is 5.92 Å². The van der Waals surface area contributed by atoms with Crippen LogP contribution in [0.4, 0.5) is 13.9 Å². The van der Waals surface area contributed by atoms with Gasteiger partial charge in [-0.05, 0) is 12.8 Å². The topological polar surface area (TPSA) is 59.2 Å². The smallest absolute Gasteiger partial charge is 0.256 e. The van der Waals surface area contributed by atoms with Crippen molar-refractivity contribution in [1.82, 2.24) is 9.88 Å². The Labute approximate surface area is 113 Å². The molecule has 1 aromatic rings. The predicted octanol–water partition coefficient (Wildman–Crippen LogP) is 1.92. The summed E-state index contributed by atoms with van der Waals surface area (Å²) in [5.74, 6) is -2.61. The number of amides is 1. The van der Waals surface area contributed by atoms with Crippen LogP contribution in [0.2, 0.25) is 0 Å². The van der Waals surface area contributed by atoms with Gasteiger partial charge >= 0.3 is 0 Å². The van der Waals surface area contributed by atoms with Gasteiger partial charge in [0.05, 0.1) is 5.41 Å². The van der Waals surface area contributed by atoms with Gasteiger partial charge in [-0.3, -0.25) is 4.79 Å². The predicted molar refractivity (Wildman–Crippen MR) is 68.0 cm³/mol. The molecule has 2 N–H and O–H groups in total. The molecule has 2 aliphatic rings. The highest BCUT2D eigenvalue weighted by Crippen LogP contribution is 2.65. The molecule has 1 saturated heterocycles. The fourth-order valence-corrected chi connectivity index (χ4v) is 3.42. The highest BCUT2D eigenvalue weighted by Gasteiger charge is 2.72. The molecular weight excluding hydrogens is 272 g/mol. The van der Waals surface area contributed by atoms with Crippen LogP contribution in [0.25, 0.3) is 0 Å². The van der Waals surface area contributed by atoms with E-state index in [1.807, 2.05) is 0 Å². The Morgan fingerprint density at radius 2 is 2.32 bits per heavy atom. The normalized spacial score (nSPS) is 28.0. The molecule has 1 aliphatic carbocycles. The van der Waals surface area contributed by atoms with Gasteiger partial charge in [0, 0.05) is 37.0 Å². The van der Waals surface area contributed by atoms with Gasteiger partial charge in [-0.15, -0.1) is 11.3 Å². The molecule has 0 bridgehead atoms. The minimum atomic E-state index is -2.56. The number of hydrogen-bond donors (Lipinski definition) is 1. The van der Waals surface area contributed by atoms with Gasteiger partial charge in [0.2, 0.25) is 5.91 Å². The van der Waals surface area contributed by atoms with Gasteiger partial charge < -0.3 is 10.6 Å². The van der Waals surface area contributed by atoms with Gasteiger partial charge in [0.15, 0.2) is 5.13 Å². The molecular formula is C12H15F2N3OS. The Kier molecular flexibility index (Phi) is 2.78. The second-order valence-electron chi connectivity index (χ2n) is 5.39. The summed E-state index contributed by atoms with van der Waals surface area (Å²) in [6, 6.07) is 0. The lowest BCUT2D eigenvalue weighted by Crippen LogP contribution is -2.30. The van der Waals surface area contributed by atoms with Crippen LogP contribution in [0.15, 0.2) is 6.20 Å². The molecule has 4 nitrogen and oxygen atoms in total. The van der Waals surface area contributed by atoms with E-state index in [-0.39, 0.29) is 18.9 Å². The molecule has 2 fully saturated rings. The molecule has 1 spiro atoms. The maximum Gasteiger partial charge on any atom is 0.256 e. The molecule has 7 heteroatoms. The zero-order chi connectivity index (χ0) is 13.7. The molecule has 0 aromatic carbocycles. The number of likely N-dealkylation sites (tertiary alicyclic amines) is 1. The molecule has 0 radical (unpaired) electrons. The number of aryl methyl sites for hydroxylation is 1. The number of nitrogens with zero attached hydrogens (tertiary/aromatic N) is 2. The number of alkyl halides is 2. The van der Waals surface area contributed by atoms with E-state index in [4.69, 9.17) is 5.73 Å². The van der Waals surface area contributed by atoms with Crippen LogP contribution in [-0.2, 0) is 11.2 Å². The van der Waals surface area contributed by atoms with Crippen LogP contribution in [0, 0.1) is 5.41 Å². The molecule has 19 heavy (non-hydrogen) atoms. The first-order valence-corrected chi connectivity index (χ1v) is 7.09. The first-order chi connectivity index (χ1) is 8.92. The van der Waals surface area contributed by atoms with Gasteiger partial charge in [0.1, 0.15) is 0 Å². The van der Waals surface area contributed by atoms with Crippen molar-refractivity contribution in [2.24, 2.45) is 5.41 Å². The lowest BCUT2D eigenvalue weighted by atomic mass is 10.1. The third-order valence-corrected chi connectivity index (χ3v) is 4.96. The number of rotatable bonds is 3. The van der Waals surface area contributed by atoms with Crippen molar-refractivity contribution in [3.05, 3.63) is 11.1 Å². The molecule has 104 valence electrons. The number of aromatic nitrogens is 1. The fraction of sp³-hybridized carbons (Fsp3) is 0.667. The van der Waals surface area contributed by atoms with Crippen molar-refractivity contribution in [2.45, 2.75) is 31.6 Å². The van der Waals surface area contributed by atoms with E-state index < -0.39 is 11.3 Å². The van der Waals surface area contributed by atoms with Crippen LogP contribution < -0.4 is 5.73 Å². The van der Waals surface area contributed by atoms with Crippen LogP contribution in [-0.4, -0.2) is 34.8 Å². The summed E-state index contributed by atoms with van der Waals surface area (Å²) < 4.78 is 26.4. The Balaban J connectivity index is 1.52. The molecule has 3 rings (SSSR count). The maximum atomic E-state index is 13.2. The maximum absolute atomic E-state index is 13.2. The largest absolute Gasteiger partial charge is 0.375 e. The standard InChI is InChI=1S/C12H15F2N3OS/c13-12(14)6-11(12)3-4-17(7-11)9(18)2-1-8-5-16-10(15)19-8/h5H,1-4,6-7H2,(H2,15,16). The molecule has 1 saturated carbocycles. The summed E-state index contributed by atoms with van der Waals surface area (Å²) in [5, 5.41) is 0.486. The fourth-order valence-electron chi connectivity index (χ4n) is 2.74.